The van der Waals surface area contributed by atoms with E-state index in [1.807, 2.05) is 12.1 Å². The molecule has 29 heavy (non-hydrogen) atoms. The molecule has 0 unspecified atom stereocenters. The number of hydrogen-bond acceptors (Lipinski definition) is 4. The van der Waals surface area contributed by atoms with Crippen LogP contribution in [0.5, 0.6) is 0 Å². The zero-order valence-corrected chi connectivity index (χ0v) is 18.7. The van der Waals surface area contributed by atoms with Crippen LogP contribution in [0.2, 0.25) is 0 Å². The van der Waals surface area contributed by atoms with Gasteiger partial charge in [-0.2, -0.15) is 0 Å². The molecule has 1 aromatic carbocycles. The van der Waals surface area contributed by atoms with E-state index in [4.69, 9.17) is 0 Å². The highest BCUT2D eigenvalue weighted by Crippen LogP contribution is 2.20. The van der Waals surface area contributed by atoms with E-state index in [2.05, 4.69) is 54.3 Å². The summed E-state index contributed by atoms with van der Waals surface area (Å²) in [5.74, 6) is 0.381. The Labute approximate surface area is 184 Å². The molecule has 1 saturated heterocycles. The Kier molecular flexibility index (Phi) is 8.52. The Balaban J connectivity index is 1.24. The molecule has 1 aliphatic rings. The summed E-state index contributed by atoms with van der Waals surface area (Å²) in [4.78, 5) is 27.9. The van der Waals surface area contributed by atoms with Crippen molar-refractivity contribution in [3.8, 4) is 0 Å². The molecular weight excluding hydrogens is 452 g/mol. The van der Waals surface area contributed by atoms with Gasteiger partial charge in [0.1, 0.15) is 0 Å². The number of amides is 3. The van der Waals surface area contributed by atoms with Crippen molar-refractivity contribution in [2.24, 2.45) is 5.92 Å². The number of benzene rings is 1. The molecule has 0 bridgehead atoms. The Morgan fingerprint density at radius 2 is 1.76 bits per heavy atom. The minimum absolute atomic E-state index is 0.144. The second-order valence-corrected chi connectivity index (χ2v) is 9.15. The van der Waals surface area contributed by atoms with Gasteiger partial charge >= 0.3 is 6.03 Å². The fourth-order valence-electron chi connectivity index (χ4n) is 3.33. The van der Waals surface area contributed by atoms with Gasteiger partial charge in [0.25, 0.3) is 5.91 Å². The summed E-state index contributed by atoms with van der Waals surface area (Å²) in [5.41, 5.74) is 0.600. The molecule has 1 aliphatic heterocycles. The number of carbonyl (C=O) groups is 2. The second kappa shape index (κ2) is 11.3. The molecule has 6 nitrogen and oxygen atoms in total. The maximum atomic E-state index is 12.0. The number of urea groups is 1. The molecule has 1 aromatic heterocycles. The number of thiophene rings is 1. The lowest BCUT2D eigenvalue weighted by Crippen LogP contribution is -2.43. The maximum Gasteiger partial charge on any atom is 0.314 e. The fourth-order valence-corrected chi connectivity index (χ4v) is 4.34. The molecule has 3 amide bonds. The number of hydrogen-bond donors (Lipinski definition) is 3. The van der Waals surface area contributed by atoms with Crippen molar-refractivity contribution in [3.63, 3.8) is 0 Å². The van der Waals surface area contributed by atoms with E-state index in [1.54, 1.807) is 23.5 Å². The summed E-state index contributed by atoms with van der Waals surface area (Å²) in [6.07, 6.45) is 2.21. The number of nitrogens with one attached hydrogen (secondary N) is 3. The van der Waals surface area contributed by atoms with E-state index in [0.29, 0.717) is 31.1 Å². The van der Waals surface area contributed by atoms with Gasteiger partial charge in [-0.25, -0.2) is 4.79 Å². The molecule has 2 aromatic rings. The van der Waals surface area contributed by atoms with Crippen LogP contribution in [0.15, 0.2) is 46.3 Å². The quantitative estimate of drug-likeness (QED) is 0.508. The summed E-state index contributed by atoms with van der Waals surface area (Å²) in [6.45, 7) is 4.67. The van der Waals surface area contributed by atoms with Crippen LogP contribution in [0, 0.1) is 5.92 Å². The predicted molar refractivity (Wildman–Crippen MR) is 120 cm³/mol. The normalized spacial score (nSPS) is 15.1. The molecule has 156 valence electrons. The lowest BCUT2D eigenvalue weighted by atomic mass is 9.97. The first-order valence-electron chi connectivity index (χ1n) is 9.90. The van der Waals surface area contributed by atoms with E-state index >= 15 is 0 Å². The summed E-state index contributed by atoms with van der Waals surface area (Å²) in [7, 11) is 0. The zero-order valence-electron chi connectivity index (χ0n) is 16.3. The Morgan fingerprint density at radius 3 is 2.45 bits per heavy atom. The number of nitrogens with zero attached hydrogens (tertiary/aromatic N) is 1. The summed E-state index contributed by atoms with van der Waals surface area (Å²) in [6, 6.07) is 11.3. The van der Waals surface area contributed by atoms with E-state index in [0.717, 1.165) is 36.9 Å². The van der Waals surface area contributed by atoms with Crippen LogP contribution in [0.25, 0.3) is 0 Å². The van der Waals surface area contributed by atoms with Gasteiger partial charge in [0.05, 0.1) is 0 Å². The van der Waals surface area contributed by atoms with E-state index in [9.17, 15) is 9.59 Å². The van der Waals surface area contributed by atoms with Gasteiger partial charge in [0.15, 0.2) is 0 Å². The standard InChI is InChI=1S/C21H27BrN4O2S/c22-18-5-3-17(4-6-18)20(27)23-9-10-24-21(28)25-14-16-7-11-26(12-8-16)15-19-2-1-13-29-19/h1-6,13,16H,7-12,14-15H2,(H,23,27)(H2,24,25,28). The molecule has 0 aliphatic carbocycles. The van der Waals surface area contributed by atoms with Gasteiger partial charge in [-0.3, -0.25) is 9.69 Å². The van der Waals surface area contributed by atoms with Crippen molar-refractivity contribution in [2.75, 3.05) is 32.7 Å². The molecule has 0 spiro atoms. The third-order valence-electron chi connectivity index (χ3n) is 5.02. The third-order valence-corrected chi connectivity index (χ3v) is 6.41. The second-order valence-electron chi connectivity index (χ2n) is 7.20. The zero-order chi connectivity index (χ0) is 20.5. The number of halogens is 1. The lowest BCUT2D eigenvalue weighted by Gasteiger charge is -2.31. The number of likely N-dealkylation sites (tertiary alicyclic amines) is 1. The van der Waals surface area contributed by atoms with Gasteiger partial charge in [-0.1, -0.05) is 22.0 Å². The topological polar surface area (TPSA) is 73.5 Å². The lowest BCUT2D eigenvalue weighted by molar-refractivity contribution is 0.0954. The molecule has 8 heteroatoms. The molecule has 3 N–H and O–H groups in total. The molecule has 1 fully saturated rings. The molecular formula is C21H27BrN4O2S. The molecule has 0 radical (unpaired) electrons. The van der Waals surface area contributed by atoms with Gasteiger partial charge in [0, 0.05) is 41.1 Å². The Bertz CT molecular complexity index is 774. The van der Waals surface area contributed by atoms with Crippen molar-refractivity contribution in [3.05, 3.63) is 56.7 Å². The minimum atomic E-state index is -0.177. The van der Waals surface area contributed by atoms with Crippen LogP contribution in [0.1, 0.15) is 28.1 Å². The van der Waals surface area contributed by atoms with Crippen molar-refractivity contribution in [2.45, 2.75) is 19.4 Å². The Morgan fingerprint density at radius 1 is 1.03 bits per heavy atom. The fraction of sp³-hybridized carbons (Fsp3) is 0.429. The third kappa shape index (κ3) is 7.45. The average molecular weight is 479 g/mol. The van der Waals surface area contributed by atoms with Crippen LogP contribution in [-0.2, 0) is 6.54 Å². The van der Waals surface area contributed by atoms with E-state index in [1.165, 1.54) is 4.88 Å². The van der Waals surface area contributed by atoms with Gasteiger partial charge in [-0.05, 0) is 67.6 Å². The highest BCUT2D eigenvalue weighted by Gasteiger charge is 2.19. The highest BCUT2D eigenvalue weighted by molar-refractivity contribution is 9.10. The smallest absolute Gasteiger partial charge is 0.314 e. The van der Waals surface area contributed by atoms with Crippen LogP contribution < -0.4 is 16.0 Å². The molecule has 2 heterocycles. The van der Waals surface area contributed by atoms with Crippen molar-refractivity contribution >= 4 is 39.2 Å². The first kappa shape index (κ1) is 21.8. The molecule has 0 saturated carbocycles. The van der Waals surface area contributed by atoms with Crippen LogP contribution in [0.3, 0.4) is 0 Å². The van der Waals surface area contributed by atoms with Crippen molar-refractivity contribution in [1.29, 1.82) is 0 Å². The molecule has 0 atom stereocenters. The summed E-state index contributed by atoms with van der Waals surface area (Å²) < 4.78 is 0.931. The number of carbonyl (C=O) groups excluding carboxylic acids is 2. The van der Waals surface area contributed by atoms with Gasteiger partial charge in [0.2, 0.25) is 0 Å². The van der Waals surface area contributed by atoms with E-state index in [-0.39, 0.29) is 11.9 Å². The van der Waals surface area contributed by atoms with E-state index < -0.39 is 0 Å². The summed E-state index contributed by atoms with van der Waals surface area (Å²) in [5, 5.41) is 10.7. The predicted octanol–water partition coefficient (Wildman–Crippen LogP) is 3.45. The number of piperidine rings is 1. The van der Waals surface area contributed by atoms with Crippen molar-refractivity contribution < 1.29 is 9.59 Å². The average Bonchev–Trinajstić information content (AvgIpc) is 3.24. The summed E-state index contributed by atoms with van der Waals surface area (Å²) >= 11 is 5.15. The Hall–Kier alpha value is -1.90. The van der Waals surface area contributed by atoms with Gasteiger partial charge < -0.3 is 16.0 Å². The highest BCUT2D eigenvalue weighted by atomic mass is 79.9. The molecule has 3 rings (SSSR count). The SMILES string of the molecule is O=C(NCCNC(=O)c1ccc(Br)cc1)NCC1CCN(Cc2cccs2)CC1. The maximum absolute atomic E-state index is 12.0. The first-order chi connectivity index (χ1) is 14.1. The first-order valence-corrected chi connectivity index (χ1v) is 11.6. The van der Waals surface area contributed by atoms with Crippen LogP contribution >= 0.6 is 27.3 Å². The number of rotatable bonds is 8. The van der Waals surface area contributed by atoms with Crippen LogP contribution in [-0.4, -0.2) is 49.6 Å². The van der Waals surface area contributed by atoms with Crippen molar-refractivity contribution in [1.82, 2.24) is 20.9 Å². The largest absolute Gasteiger partial charge is 0.350 e. The monoisotopic (exact) mass is 478 g/mol. The van der Waals surface area contributed by atoms with Gasteiger partial charge in [-0.15, -0.1) is 11.3 Å². The minimum Gasteiger partial charge on any atom is -0.350 e. The van der Waals surface area contributed by atoms with Crippen LogP contribution in [0.4, 0.5) is 4.79 Å².